The molecule has 1 aliphatic heterocycles. The van der Waals surface area contributed by atoms with Crippen molar-refractivity contribution in [3.8, 4) is 0 Å². The highest BCUT2D eigenvalue weighted by molar-refractivity contribution is 6.12. The van der Waals surface area contributed by atoms with Crippen molar-refractivity contribution in [2.24, 2.45) is 0 Å². The summed E-state index contributed by atoms with van der Waals surface area (Å²) in [5.41, 5.74) is 3.46. The molecule has 0 amide bonds. The number of allylic oxidation sites excluding steroid dienone is 4. The van der Waals surface area contributed by atoms with Gasteiger partial charge in [-0.1, -0.05) is 23.3 Å². The van der Waals surface area contributed by atoms with Gasteiger partial charge in [0.1, 0.15) is 0 Å². The molecule has 1 heterocycles. The highest BCUT2D eigenvalue weighted by Gasteiger charge is 2.28. The molecular weight excluding hydrogens is 228 g/mol. The number of ether oxygens (including phenoxy) is 1. The molecule has 3 nitrogen and oxygen atoms in total. The molecule has 0 saturated carbocycles. The predicted molar refractivity (Wildman–Crippen MR) is 70.8 cm³/mol. The number of rotatable bonds is 5. The van der Waals surface area contributed by atoms with E-state index in [0.29, 0.717) is 17.6 Å². The van der Waals surface area contributed by atoms with Crippen LogP contribution in [0.2, 0.25) is 0 Å². The van der Waals surface area contributed by atoms with E-state index in [1.807, 2.05) is 13.0 Å². The Hall–Kier alpha value is -1.64. The number of carbonyl (C=O) groups is 2. The fourth-order valence-corrected chi connectivity index (χ4v) is 1.70. The Labute approximate surface area is 108 Å². The van der Waals surface area contributed by atoms with E-state index in [1.54, 1.807) is 6.92 Å². The molecule has 0 atom stereocenters. The molecule has 98 valence electrons. The first-order chi connectivity index (χ1) is 8.41. The Morgan fingerprint density at radius 1 is 1.11 bits per heavy atom. The molecule has 1 aliphatic rings. The lowest BCUT2D eigenvalue weighted by Crippen LogP contribution is -2.01. The summed E-state index contributed by atoms with van der Waals surface area (Å²) in [6.45, 7) is 7.83. The molecular formula is C15H20O3. The first kappa shape index (κ1) is 14.4. The molecule has 0 unspecified atom stereocenters. The maximum atomic E-state index is 11.4. The molecule has 0 aromatic heterocycles. The SMILES string of the molecule is CC(C)=CCCC(C)=CCC1=C(C)C(=O)OC1=O. The average Bonchev–Trinajstić information content (AvgIpc) is 2.50. The van der Waals surface area contributed by atoms with E-state index in [9.17, 15) is 9.59 Å². The molecule has 3 heteroatoms. The zero-order valence-electron chi connectivity index (χ0n) is 11.5. The van der Waals surface area contributed by atoms with Crippen molar-refractivity contribution >= 4 is 11.9 Å². The summed E-state index contributed by atoms with van der Waals surface area (Å²) < 4.78 is 4.54. The van der Waals surface area contributed by atoms with Gasteiger partial charge in [0, 0.05) is 5.57 Å². The minimum absolute atomic E-state index is 0.438. The van der Waals surface area contributed by atoms with Gasteiger partial charge in [0.15, 0.2) is 0 Å². The van der Waals surface area contributed by atoms with Crippen LogP contribution in [0.3, 0.4) is 0 Å². The Morgan fingerprint density at radius 2 is 1.78 bits per heavy atom. The van der Waals surface area contributed by atoms with Crippen molar-refractivity contribution in [2.75, 3.05) is 0 Å². The van der Waals surface area contributed by atoms with E-state index in [2.05, 4.69) is 24.7 Å². The van der Waals surface area contributed by atoms with Crippen molar-refractivity contribution in [3.63, 3.8) is 0 Å². The van der Waals surface area contributed by atoms with Gasteiger partial charge in [-0.3, -0.25) is 0 Å². The number of hydrogen-bond donors (Lipinski definition) is 0. The third-order valence-electron chi connectivity index (χ3n) is 2.94. The molecule has 0 aliphatic carbocycles. The van der Waals surface area contributed by atoms with E-state index in [1.165, 1.54) is 11.1 Å². The van der Waals surface area contributed by atoms with Gasteiger partial charge in [-0.15, -0.1) is 0 Å². The molecule has 0 saturated heterocycles. The Morgan fingerprint density at radius 3 is 2.28 bits per heavy atom. The van der Waals surface area contributed by atoms with E-state index in [-0.39, 0.29) is 0 Å². The van der Waals surface area contributed by atoms with Gasteiger partial charge in [0.2, 0.25) is 0 Å². The molecule has 0 spiro atoms. The van der Waals surface area contributed by atoms with Gasteiger partial charge < -0.3 is 4.74 Å². The first-order valence-corrected chi connectivity index (χ1v) is 6.17. The Balaban J connectivity index is 2.56. The predicted octanol–water partition coefficient (Wildman–Crippen LogP) is 3.47. The third-order valence-corrected chi connectivity index (χ3v) is 2.94. The Kier molecular flexibility index (Phi) is 5.08. The summed E-state index contributed by atoms with van der Waals surface area (Å²) in [6.07, 6.45) is 6.65. The van der Waals surface area contributed by atoms with Crippen LogP contribution in [0.4, 0.5) is 0 Å². The molecule has 0 radical (unpaired) electrons. The number of cyclic esters (lactones) is 2. The average molecular weight is 248 g/mol. The zero-order valence-corrected chi connectivity index (χ0v) is 11.5. The fourth-order valence-electron chi connectivity index (χ4n) is 1.70. The van der Waals surface area contributed by atoms with Gasteiger partial charge in [-0.05, 0) is 47.0 Å². The maximum Gasteiger partial charge on any atom is 0.342 e. The summed E-state index contributed by atoms with van der Waals surface area (Å²) in [5.74, 6) is -1.00. The van der Waals surface area contributed by atoms with Crippen LogP contribution in [-0.4, -0.2) is 11.9 Å². The summed E-state index contributed by atoms with van der Waals surface area (Å²) in [4.78, 5) is 22.5. The second-order valence-corrected chi connectivity index (χ2v) is 4.86. The molecule has 18 heavy (non-hydrogen) atoms. The van der Waals surface area contributed by atoms with E-state index in [4.69, 9.17) is 0 Å². The normalized spacial score (nSPS) is 16.1. The van der Waals surface area contributed by atoms with Gasteiger partial charge in [-0.25, -0.2) is 9.59 Å². The molecule has 1 rings (SSSR count). The van der Waals surface area contributed by atoms with Crippen LogP contribution in [-0.2, 0) is 14.3 Å². The summed E-state index contributed by atoms with van der Waals surface area (Å²) in [6, 6.07) is 0. The molecule has 0 fully saturated rings. The van der Waals surface area contributed by atoms with E-state index in [0.717, 1.165) is 12.8 Å². The molecule has 0 N–H and O–H groups in total. The monoisotopic (exact) mass is 248 g/mol. The van der Waals surface area contributed by atoms with Gasteiger partial charge in [-0.2, -0.15) is 0 Å². The van der Waals surface area contributed by atoms with Crippen LogP contribution in [0.1, 0.15) is 47.0 Å². The number of carbonyl (C=O) groups excluding carboxylic acids is 2. The molecule has 0 bridgehead atoms. The lowest BCUT2D eigenvalue weighted by Gasteiger charge is -1.99. The lowest BCUT2D eigenvalue weighted by molar-refractivity contribution is -0.151. The second-order valence-electron chi connectivity index (χ2n) is 4.86. The molecule has 0 aromatic rings. The van der Waals surface area contributed by atoms with Crippen LogP contribution >= 0.6 is 0 Å². The largest absolute Gasteiger partial charge is 0.386 e. The minimum Gasteiger partial charge on any atom is -0.386 e. The highest BCUT2D eigenvalue weighted by Crippen LogP contribution is 2.21. The van der Waals surface area contributed by atoms with Crippen molar-refractivity contribution in [1.29, 1.82) is 0 Å². The summed E-state index contributed by atoms with van der Waals surface area (Å²) >= 11 is 0. The zero-order chi connectivity index (χ0) is 13.7. The van der Waals surface area contributed by atoms with Crippen molar-refractivity contribution in [1.82, 2.24) is 0 Å². The smallest absolute Gasteiger partial charge is 0.342 e. The topological polar surface area (TPSA) is 43.4 Å². The van der Waals surface area contributed by atoms with E-state index < -0.39 is 11.9 Å². The minimum atomic E-state index is -0.509. The van der Waals surface area contributed by atoms with Crippen molar-refractivity contribution in [3.05, 3.63) is 34.4 Å². The summed E-state index contributed by atoms with van der Waals surface area (Å²) in [7, 11) is 0. The number of esters is 2. The van der Waals surface area contributed by atoms with Crippen molar-refractivity contribution < 1.29 is 14.3 Å². The van der Waals surface area contributed by atoms with Crippen LogP contribution in [0.15, 0.2) is 34.4 Å². The van der Waals surface area contributed by atoms with Crippen LogP contribution < -0.4 is 0 Å². The van der Waals surface area contributed by atoms with Gasteiger partial charge in [0.05, 0.1) is 5.57 Å². The van der Waals surface area contributed by atoms with E-state index >= 15 is 0 Å². The van der Waals surface area contributed by atoms with Crippen molar-refractivity contribution in [2.45, 2.75) is 47.0 Å². The third kappa shape index (κ3) is 3.99. The quantitative estimate of drug-likeness (QED) is 0.425. The van der Waals surface area contributed by atoms with Crippen LogP contribution in [0.5, 0.6) is 0 Å². The fraction of sp³-hybridized carbons (Fsp3) is 0.467. The second kappa shape index (κ2) is 6.34. The van der Waals surface area contributed by atoms with Crippen LogP contribution in [0, 0.1) is 0 Å². The summed E-state index contributed by atoms with van der Waals surface area (Å²) in [5, 5.41) is 0. The van der Waals surface area contributed by atoms with Gasteiger partial charge in [0.25, 0.3) is 0 Å². The molecule has 0 aromatic carbocycles. The van der Waals surface area contributed by atoms with Crippen LogP contribution in [0.25, 0.3) is 0 Å². The number of hydrogen-bond acceptors (Lipinski definition) is 3. The first-order valence-electron chi connectivity index (χ1n) is 6.17. The lowest BCUT2D eigenvalue weighted by atomic mass is 10.0. The standard InChI is InChI=1S/C15H20O3/c1-10(2)6-5-7-11(3)8-9-13-12(4)14(16)18-15(13)17/h6,8H,5,7,9H2,1-4H3. The maximum absolute atomic E-state index is 11.4. The highest BCUT2D eigenvalue weighted by atomic mass is 16.6. The Bertz CT molecular complexity index is 446. The van der Waals surface area contributed by atoms with Gasteiger partial charge >= 0.3 is 11.9 Å².